The molecule has 1 unspecified atom stereocenters. The molecule has 1 aliphatic rings. The minimum absolute atomic E-state index is 0.144. The van der Waals surface area contributed by atoms with E-state index in [9.17, 15) is 8.42 Å². The zero-order valence-electron chi connectivity index (χ0n) is 10.6. The van der Waals surface area contributed by atoms with Crippen LogP contribution in [0.25, 0.3) is 0 Å². The Bertz CT molecular complexity index is 693. The van der Waals surface area contributed by atoms with Crippen molar-refractivity contribution in [2.75, 3.05) is 0 Å². The van der Waals surface area contributed by atoms with E-state index in [-0.39, 0.29) is 10.9 Å². The molecule has 0 bridgehead atoms. The van der Waals surface area contributed by atoms with Crippen molar-refractivity contribution >= 4 is 10.0 Å². The summed E-state index contributed by atoms with van der Waals surface area (Å²) in [7, 11) is -3.50. The van der Waals surface area contributed by atoms with Crippen LogP contribution in [0.3, 0.4) is 0 Å². The highest BCUT2D eigenvalue weighted by atomic mass is 32.2. The van der Waals surface area contributed by atoms with Gasteiger partial charge in [0.05, 0.1) is 6.20 Å². The van der Waals surface area contributed by atoms with E-state index in [4.69, 9.17) is 0 Å². The van der Waals surface area contributed by atoms with Gasteiger partial charge in [0.2, 0.25) is 10.0 Å². The fourth-order valence-corrected chi connectivity index (χ4v) is 3.76. The Morgan fingerprint density at radius 2 is 2.26 bits per heavy atom. The van der Waals surface area contributed by atoms with Gasteiger partial charge in [-0.25, -0.2) is 13.1 Å². The van der Waals surface area contributed by atoms with Crippen LogP contribution in [0.1, 0.15) is 29.2 Å². The number of nitrogens with one attached hydrogen (secondary N) is 2. The van der Waals surface area contributed by atoms with Crippen LogP contribution in [0.4, 0.5) is 0 Å². The lowest BCUT2D eigenvalue weighted by atomic mass is 10.0. The normalized spacial score (nSPS) is 18.5. The fraction of sp³-hybridized carbons (Fsp3) is 0.308. The number of rotatable bonds is 3. The second-order valence-corrected chi connectivity index (χ2v) is 6.50. The molecular weight excluding hydrogens is 262 g/mol. The maximum Gasteiger partial charge on any atom is 0.244 e. The molecule has 0 saturated heterocycles. The molecule has 2 N–H and O–H groups in total. The maximum absolute atomic E-state index is 12.2. The molecule has 5 nitrogen and oxygen atoms in total. The molecule has 1 aromatic heterocycles. The van der Waals surface area contributed by atoms with E-state index >= 15 is 0 Å². The molecule has 100 valence electrons. The van der Waals surface area contributed by atoms with Gasteiger partial charge in [0.15, 0.2) is 0 Å². The van der Waals surface area contributed by atoms with Gasteiger partial charge in [-0.05, 0) is 36.5 Å². The molecule has 2 aromatic rings. The van der Waals surface area contributed by atoms with E-state index in [1.54, 1.807) is 0 Å². The monoisotopic (exact) mass is 277 g/mol. The number of nitrogens with zero attached hydrogens (tertiary/aromatic N) is 1. The first-order valence-electron chi connectivity index (χ1n) is 6.17. The first kappa shape index (κ1) is 12.4. The van der Waals surface area contributed by atoms with Crippen molar-refractivity contribution in [3.8, 4) is 0 Å². The average Bonchev–Trinajstić information content (AvgIpc) is 2.99. The summed E-state index contributed by atoms with van der Waals surface area (Å²) in [5.74, 6) is 0. The summed E-state index contributed by atoms with van der Waals surface area (Å²) < 4.78 is 27.1. The predicted octanol–water partition coefficient (Wildman–Crippen LogP) is 1.68. The molecule has 0 spiro atoms. The zero-order chi connectivity index (χ0) is 13.5. The van der Waals surface area contributed by atoms with Crippen LogP contribution in [0, 0.1) is 6.92 Å². The quantitative estimate of drug-likeness (QED) is 0.896. The van der Waals surface area contributed by atoms with Crippen molar-refractivity contribution < 1.29 is 8.42 Å². The number of aromatic nitrogens is 2. The molecule has 3 rings (SSSR count). The Hall–Kier alpha value is -1.66. The van der Waals surface area contributed by atoms with Crippen LogP contribution in [0.15, 0.2) is 35.5 Å². The number of H-pyrrole nitrogens is 1. The van der Waals surface area contributed by atoms with Crippen LogP contribution in [-0.2, 0) is 16.4 Å². The van der Waals surface area contributed by atoms with Gasteiger partial charge in [-0.2, -0.15) is 5.10 Å². The number of hydrogen-bond acceptors (Lipinski definition) is 3. The molecule has 6 heteroatoms. The molecule has 0 saturated carbocycles. The second kappa shape index (κ2) is 4.47. The van der Waals surface area contributed by atoms with Crippen molar-refractivity contribution in [1.82, 2.24) is 14.9 Å². The third kappa shape index (κ3) is 2.17. The van der Waals surface area contributed by atoms with Crippen molar-refractivity contribution in [2.24, 2.45) is 0 Å². The second-order valence-electron chi connectivity index (χ2n) is 4.79. The zero-order valence-corrected chi connectivity index (χ0v) is 11.4. The van der Waals surface area contributed by atoms with Crippen molar-refractivity contribution in [3.63, 3.8) is 0 Å². The highest BCUT2D eigenvalue weighted by Gasteiger charge is 2.28. The molecule has 1 aromatic carbocycles. The van der Waals surface area contributed by atoms with E-state index in [1.807, 2.05) is 12.1 Å². The third-order valence-corrected chi connectivity index (χ3v) is 5.02. The summed E-state index contributed by atoms with van der Waals surface area (Å²) >= 11 is 0. The summed E-state index contributed by atoms with van der Waals surface area (Å²) in [6.07, 6.45) is 4.42. The van der Waals surface area contributed by atoms with Crippen molar-refractivity contribution in [3.05, 3.63) is 47.3 Å². The minimum Gasteiger partial charge on any atom is -0.284 e. The van der Waals surface area contributed by atoms with E-state index in [0.717, 1.165) is 18.4 Å². The van der Waals surface area contributed by atoms with E-state index in [0.29, 0.717) is 0 Å². The van der Waals surface area contributed by atoms with E-state index < -0.39 is 10.0 Å². The van der Waals surface area contributed by atoms with Gasteiger partial charge >= 0.3 is 0 Å². The Balaban J connectivity index is 1.90. The number of aromatic amines is 1. The first-order valence-corrected chi connectivity index (χ1v) is 7.66. The van der Waals surface area contributed by atoms with Gasteiger partial charge < -0.3 is 0 Å². The third-order valence-electron chi connectivity index (χ3n) is 3.59. The molecular formula is C13H15N3O2S. The van der Waals surface area contributed by atoms with Crippen molar-refractivity contribution in [1.29, 1.82) is 0 Å². The summed E-state index contributed by atoms with van der Waals surface area (Å²) in [5.41, 5.74) is 3.58. The Morgan fingerprint density at radius 1 is 1.42 bits per heavy atom. The number of hydrogen-bond donors (Lipinski definition) is 2. The number of sulfonamides is 1. The molecule has 1 aliphatic carbocycles. The average molecular weight is 277 g/mol. The summed E-state index contributed by atoms with van der Waals surface area (Å²) in [6, 6.07) is 5.89. The first-order chi connectivity index (χ1) is 9.08. The lowest BCUT2D eigenvalue weighted by molar-refractivity contribution is 0.554. The predicted molar refractivity (Wildman–Crippen MR) is 71.2 cm³/mol. The molecule has 0 amide bonds. The minimum atomic E-state index is -3.50. The van der Waals surface area contributed by atoms with Crippen LogP contribution in [-0.4, -0.2) is 18.6 Å². The Morgan fingerprint density at radius 3 is 3.00 bits per heavy atom. The summed E-state index contributed by atoms with van der Waals surface area (Å²) in [4.78, 5) is 0.175. The van der Waals surface area contributed by atoms with Gasteiger partial charge in [0.1, 0.15) is 4.90 Å². The summed E-state index contributed by atoms with van der Waals surface area (Å²) in [6.45, 7) is 2.06. The Kier molecular flexibility index (Phi) is 2.91. The largest absolute Gasteiger partial charge is 0.284 e. The van der Waals surface area contributed by atoms with Gasteiger partial charge in [0.25, 0.3) is 0 Å². The SMILES string of the molecule is Cc1cccc2c1CCC2NS(=O)(=O)c1cn[nH]c1. The van der Waals surface area contributed by atoms with Crippen LogP contribution >= 0.6 is 0 Å². The number of benzene rings is 1. The molecule has 1 atom stereocenters. The van der Waals surface area contributed by atoms with Crippen LogP contribution < -0.4 is 4.72 Å². The van der Waals surface area contributed by atoms with Crippen LogP contribution in [0.5, 0.6) is 0 Å². The maximum atomic E-state index is 12.2. The molecule has 0 radical (unpaired) electrons. The van der Waals surface area contributed by atoms with Gasteiger partial charge in [-0.3, -0.25) is 5.10 Å². The van der Waals surface area contributed by atoms with E-state index in [1.165, 1.54) is 23.5 Å². The van der Waals surface area contributed by atoms with E-state index in [2.05, 4.69) is 27.9 Å². The highest BCUT2D eigenvalue weighted by Crippen LogP contribution is 2.33. The lowest BCUT2D eigenvalue weighted by Crippen LogP contribution is -2.27. The van der Waals surface area contributed by atoms with Gasteiger partial charge in [0, 0.05) is 12.2 Å². The molecule has 19 heavy (non-hydrogen) atoms. The lowest BCUT2D eigenvalue weighted by Gasteiger charge is -2.13. The Labute approximate surface area is 112 Å². The highest BCUT2D eigenvalue weighted by molar-refractivity contribution is 7.89. The van der Waals surface area contributed by atoms with Gasteiger partial charge in [-0.15, -0.1) is 0 Å². The van der Waals surface area contributed by atoms with Gasteiger partial charge in [-0.1, -0.05) is 18.2 Å². The molecule has 1 heterocycles. The smallest absolute Gasteiger partial charge is 0.244 e. The standard InChI is InChI=1S/C13H15N3O2S/c1-9-3-2-4-12-11(9)5-6-13(12)16-19(17,18)10-7-14-15-8-10/h2-4,7-8,13,16H,5-6H2,1H3,(H,14,15). The fourth-order valence-electron chi connectivity index (χ4n) is 2.60. The van der Waals surface area contributed by atoms with Crippen LogP contribution in [0.2, 0.25) is 0 Å². The van der Waals surface area contributed by atoms with Crippen molar-refractivity contribution in [2.45, 2.75) is 30.7 Å². The number of fused-ring (bicyclic) bond motifs is 1. The topological polar surface area (TPSA) is 74.8 Å². The molecule has 0 fully saturated rings. The summed E-state index contributed by atoms with van der Waals surface area (Å²) in [5, 5.41) is 6.20. The molecule has 0 aliphatic heterocycles. The number of aryl methyl sites for hydroxylation is 1.